The van der Waals surface area contributed by atoms with Gasteiger partial charge in [-0.3, -0.25) is 0 Å². The van der Waals surface area contributed by atoms with Crippen molar-refractivity contribution >= 4 is 11.8 Å². The summed E-state index contributed by atoms with van der Waals surface area (Å²) >= 11 is 2.13. The zero-order valence-corrected chi connectivity index (χ0v) is 11.9. The van der Waals surface area contributed by atoms with Gasteiger partial charge >= 0.3 is 0 Å². The number of aryl methyl sites for hydroxylation is 1. The summed E-state index contributed by atoms with van der Waals surface area (Å²) in [6, 6.07) is 9.51. The van der Waals surface area contributed by atoms with E-state index in [1.807, 2.05) is 0 Å². The zero-order chi connectivity index (χ0) is 12.3. The van der Waals surface area contributed by atoms with Crippen molar-refractivity contribution in [3.8, 4) is 0 Å². The van der Waals surface area contributed by atoms with Crippen LogP contribution in [-0.4, -0.2) is 17.0 Å². The predicted molar refractivity (Wildman–Crippen MR) is 77.7 cm³/mol. The smallest absolute Gasteiger partial charge is 0.0466 e. The highest BCUT2D eigenvalue weighted by molar-refractivity contribution is 8.00. The summed E-state index contributed by atoms with van der Waals surface area (Å²) in [7, 11) is 0. The molecule has 2 heteroatoms. The topological polar surface area (TPSA) is 12.0 Å². The van der Waals surface area contributed by atoms with Gasteiger partial charge in [0.25, 0.3) is 0 Å². The van der Waals surface area contributed by atoms with Gasteiger partial charge in [0.2, 0.25) is 0 Å². The Hall–Kier alpha value is -0.470. The molecule has 0 spiro atoms. The van der Waals surface area contributed by atoms with E-state index in [1.165, 1.54) is 29.7 Å². The van der Waals surface area contributed by atoms with Crippen LogP contribution >= 0.6 is 11.8 Å². The molecular weight excluding hydrogens is 226 g/mol. The Bertz CT molecular complexity index is 352. The SMILES string of the molecule is CCNC(c1ccc(C)cc1)C1(C)CCCS1. The third-order valence-corrected chi connectivity index (χ3v) is 5.27. The van der Waals surface area contributed by atoms with Crippen LogP contribution in [0.3, 0.4) is 0 Å². The van der Waals surface area contributed by atoms with Gasteiger partial charge < -0.3 is 5.32 Å². The van der Waals surface area contributed by atoms with E-state index in [9.17, 15) is 0 Å². The van der Waals surface area contributed by atoms with Crippen LogP contribution in [0.5, 0.6) is 0 Å². The first-order chi connectivity index (χ1) is 8.15. The van der Waals surface area contributed by atoms with Crippen LogP contribution in [0.4, 0.5) is 0 Å². The quantitative estimate of drug-likeness (QED) is 0.867. The van der Waals surface area contributed by atoms with E-state index in [2.05, 4.69) is 62.1 Å². The summed E-state index contributed by atoms with van der Waals surface area (Å²) in [6.45, 7) is 7.80. The molecule has 1 aromatic carbocycles. The van der Waals surface area contributed by atoms with Crippen molar-refractivity contribution in [2.24, 2.45) is 0 Å². The molecule has 0 aliphatic carbocycles. The van der Waals surface area contributed by atoms with Gasteiger partial charge in [0.05, 0.1) is 0 Å². The molecule has 1 heterocycles. The minimum absolute atomic E-state index is 0.366. The Morgan fingerprint density at radius 2 is 2.06 bits per heavy atom. The second kappa shape index (κ2) is 5.45. The lowest BCUT2D eigenvalue weighted by Crippen LogP contribution is -2.37. The highest BCUT2D eigenvalue weighted by atomic mass is 32.2. The average Bonchev–Trinajstić information content (AvgIpc) is 2.75. The molecule has 1 fully saturated rings. The molecule has 1 aliphatic rings. The van der Waals surface area contributed by atoms with E-state index in [4.69, 9.17) is 0 Å². The predicted octanol–water partition coefficient (Wildman–Crippen LogP) is 3.93. The van der Waals surface area contributed by atoms with Crippen LogP contribution < -0.4 is 5.32 Å². The molecule has 0 bridgehead atoms. The van der Waals surface area contributed by atoms with E-state index in [-0.39, 0.29) is 0 Å². The van der Waals surface area contributed by atoms with E-state index >= 15 is 0 Å². The maximum Gasteiger partial charge on any atom is 0.0466 e. The molecule has 1 aliphatic heterocycles. The fraction of sp³-hybridized carbons (Fsp3) is 0.600. The summed E-state index contributed by atoms with van der Waals surface area (Å²) < 4.78 is 0.366. The molecule has 2 atom stereocenters. The second-order valence-corrected chi connectivity index (χ2v) is 6.80. The van der Waals surface area contributed by atoms with Crippen LogP contribution in [0.15, 0.2) is 24.3 Å². The lowest BCUT2D eigenvalue weighted by Gasteiger charge is -2.34. The van der Waals surface area contributed by atoms with Crippen molar-refractivity contribution in [1.29, 1.82) is 0 Å². The number of thioether (sulfide) groups is 1. The van der Waals surface area contributed by atoms with Gasteiger partial charge in [0.1, 0.15) is 0 Å². The van der Waals surface area contributed by atoms with Crippen molar-refractivity contribution in [2.75, 3.05) is 12.3 Å². The minimum Gasteiger partial charge on any atom is -0.309 e. The summed E-state index contributed by atoms with van der Waals surface area (Å²) in [5.41, 5.74) is 2.78. The van der Waals surface area contributed by atoms with Crippen LogP contribution in [0.1, 0.15) is 43.9 Å². The Morgan fingerprint density at radius 3 is 2.59 bits per heavy atom. The van der Waals surface area contributed by atoms with Crippen molar-refractivity contribution < 1.29 is 0 Å². The molecule has 94 valence electrons. The number of rotatable bonds is 4. The second-order valence-electron chi connectivity index (χ2n) is 5.17. The standard InChI is InChI=1S/C15H23NS/c1-4-16-14(15(3)10-5-11-17-15)13-8-6-12(2)7-9-13/h6-9,14,16H,4-5,10-11H2,1-3H3. The normalized spacial score (nSPS) is 26.1. The number of hydrogen-bond acceptors (Lipinski definition) is 2. The number of hydrogen-bond donors (Lipinski definition) is 1. The molecule has 1 saturated heterocycles. The Kier molecular flexibility index (Phi) is 4.16. The van der Waals surface area contributed by atoms with Gasteiger partial charge in [0, 0.05) is 10.8 Å². The first kappa shape index (κ1) is 13.0. The molecule has 1 N–H and O–H groups in total. The van der Waals surface area contributed by atoms with Gasteiger partial charge in [-0.1, -0.05) is 36.8 Å². The van der Waals surface area contributed by atoms with Crippen molar-refractivity contribution in [2.45, 2.75) is 44.4 Å². The summed E-state index contributed by atoms with van der Waals surface area (Å²) in [5, 5.41) is 3.68. The molecule has 0 aromatic heterocycles. The largest absolute Gasteiger partial charge is 0.309 e. The molecule has 0 amide bonds. The summed E-state index contributed by atoms with van der Waals surface area (Å²) in [4.78, 5) is 0. The first-order valence-electron chi connectivity index (χ1n) is 6.59. The number of nitrogens with one attached hydrogen (secondary N) is 1. The number of benzene rings is 1. The highest BCUT2D eigenvalue weighted by Gasteiger charge is 2.38. The van der Waals surface area contributed by atoms with Crippen molar-refractivity contribution in [3.63, 3.8) is 0 Å². The summed E-state index contributed by atoms with van der Waals surface area (Å²) in [6.07, 6.45) is 2.68. The Labute approximate surface area is 109 Å². The van der Waals surface area contributed by atoms with E-state index < -0.39 is 0 Å². The van der Waals surface area contributed by atoms with E-state index in [0.29, 0.717) is 10.8 Å². The fourth-order valence-electron chi connectivity index (χ4n) is 2.68. The molecule has 0 saturated carbocycles. The maximum atomic E-state index is 3.68. The van der Waals surface area contributed by atoms with Crippen molar-refractivity contribution in [1.82, 2.24) is 5.32 Å². The molecule has 1 nitrogen and oxygen atoms in total. The lowest BCUT2D eigenvalue weighted by molar-refractivity contribution is 0.421. The van der Waals surface area contributed by atoms with Gasteiger partial charge in [-0.25, -0.2) is 0 Å². The monoisotopic (exact) mass is 249 g/mol. The van der Waals surface area contributed by atoms with Crippen LogP contribution in [0, 0.1) is 6.92 Å². The lowest BCUT2D eigenvalue weighted by atomic mass is 9.90. The molecule has 2 rings (SSSR count). The fourth-order valence-corrected chi connectivity index (χ4v) is 4.11. The molecule has 2 unspecified atom stereocenters. The van der Waals surface area contributed by atoms with Gasteiger partial charge in [-0.2, -0.15) is 11.8 Å². The molecule has 1 aromatic rings. The minimum atomic E-state index is 0.366. The highest BCUT2D eigenvalue weighted by Crippen LogP contribution is 2.46. The van der Waals surface area contributed by atoms with Gasteiger partial charge in [-0.15, -0.1) is 0 Å². The van der Waals surface area contributed by atoms with E-state index in [0.717, 1.165) is 6.54 Å². The van der Waals surface area contributed by atoms with E-state index in [1.54, 1.807) is 0 Å². The summed E-state index contributed by atoms with van der Waals surface area (Å²) in [5.74, 6) is 1.31. The third-order valence-electron chi connectivity index (χ3n) is 3.68. The Balaban J connectivity index is 2.24. The maximum absolute atomic E-state index is 3.68. The first-order valence-corrected chi connectivity index (χ1v) is 7.58. The van der Waals surface area contributed by atoms with Crippen LogP contribution in [0.2, 0.25) is 0 Å². The van der Waals surface area contributed by atoms with Crippen LogP contribution in [-0.2, 0) is 0 Å². The third kappa shape index (κ3) is 2.86. The average molecular weight is 249 g/mol. The molecule has 17 heavy (non-hydrogen) atoms. The van der Waals surface area contributed by atoms with Crippen LogP contribution in [0.25, 0.3) is 0 Å². The van der Waals surface area contributed by atoms with Gasteiger partial charge in [-0.05, 0) is 44.6 Å². The Morgan fingerprint density at radius 1 is 1.35 bits per heavy atom. The zero-order valence-electron chi connectivity index (χ0n) is 11.1. The molecular formula is C15H23NS. The van der Waals surface area contributed by atoms with Gasteiger partial charge in [0.15, 0.2) is 0 Å². The molecule has 0 radical (unpaired) electrons. The van der Waals surface area contributed by atoms with Crippen molar-refractivity contribution in [3.05, 3.63) is 35.4 Å².